The van der Waals surface area contributed by atoms with Crippen LogP contribution in [0.3, 0.4) is 0 Å². The highest BCUT2D eigenvalue weighted by Crippen LogP contribution is 2.31. The number of nitrogens with zero attached hydrogens (tertiary/aromatic N) is 3. The molecule has 142 valence electrons. The van der Waals surface area contributed by atoms with E-state index in [0.29, 0.717) is 0 Å². The van der Waals surface area contributed by atoms with Crippen molar-refractivity contribution in [3.8, 4) is 0 Å². The molecule has 6 heterocycles. The van der Waals surface area contributed by atoms with E-state index in [9.17, 15) is 0 Å². The highest BCUT2D eigenvalue weighted by Gasteiger charge is 2.09. The van der Waals surface area contributed by atoms with Gasteiger partial charge in [-0.05, 0) is 42.5 Å². The van der Waals surface area contributed by atoms with Crippen molar-refractivity contribution in [2.45, 2.75) is 0 Å². The van der Waals surface area contributed by atoms with Crippen LogP contribution in [0.15, 0.2) is 67.0 Å². The fourth-order valence-corrected chi connectivity index (χ4v) is 5.05. The van der Waals surface area contributed by atoms with Crippen LogP contribution < -0.4 is 0 Å². The lowest BCUT2D eigenvalue weighted by atomic mass is 10.1. The average Bonchev–Trinajstić information content (AvgIpc) is 3.50. The summed E-state index contributed by atoms with van der Waals surface area (Å²) >= 11 is 1.73. The minimum Gasteiger partial charge on any atom is -0.353 e. The van der Waals surface area contributed by atoms with Crippen LogP contribution in [-0.2, 0) is 0 Å². The second-order valence-corrected chi connectivity index (χ2v) is 8.45. The number of nitrogens with one attached hydrogen (secondary N) is 3. The van der Waals surface area contributed by atoms with Crippen LogP contribution in [0.4, 0.5) is 0 Å². The second kappa shape index (κ2) is 5.77. The Bertz CT molecular complexity index is 1820. The molecule has 30 heavy (non-hydrogen) atoms. The van der Waals surface area contributed by atoms with E-state index in [0.717, 1.165) is 48.8 Å². The summed E-state index contributed by atoms with van der Waals surface area (Å²) in [6.07, 6.45) is 3.67. The Balaban J connectivity index is 1.80. The first kappa shape index (κ1) is 15.9. The first-order chi connectivity index (χ1) is 14.8. The van der Waals surface area contributed by atoms with Crippen molar-refractivity contribution in [2.24, 2.45) is 0 Å². The number of pyridine rings is 2. The van der Waals surface area contributed by atoms with Crippen molar-refractivity contribution in [3.05, 3.63) is 67.0 Å². The molecule has 8 bridgehead atoms. The molecule has 0 saturated heterocycles. The first-order valence-corrected chi connectivity index (χ1v) is 10.4. The Hall–Kier alpha value is -3.97. The van der Waals surface area contributed by atoms with Crippen LogP contribution in [0.5, 0.6) is 0 Å². The number of thiophene rings is 1. The molecule has 0 fully saturated rings. The quantitative estimate of drug-likeness (QED) is 0.290. The number of aromatic nitrogens is 6. The monoisotopic (exact) mass is 406 g/mol. The highest BCUT2D eigenvalue weighted by molar-refractivity contribution is 7.23. The smallest absolute Gasteiger partial charge is 0.135 e. The van der Waals surface area contributed by atoms with Gasteiger partial charge >= 0.3 is 0 Å². The molecule has 0 aliphatic carbocycles. The molecule has 0 aliphatic heterocycles. The number of fused-ring (bicyclic) bond motifs is 9. The van der Waals surface area contributed by atoms with Crippen molar-refractivity contribution < 1.29 is 0 Å². The van der Waals surface area contributed by atoms with Gasteiger partial charge in [0.1, 0.15) is 11.0 Å². The summed E-state index contributed by atoms with van der Waals surface area (Å²) in [6, 6.07) is 18.9. The predicted molar refractivity (Wildman–Crippen MR) is 123 cm³/mol. The third kappa shape index (κ3) is 2.26. The van der Waals surface area contributed by atoms with Gasteiger partial charge < -0.3 is 9.97 Å². The van der Waals surface area contributed by atoms with Gasteiger partial charge in [0, 0.05) is 32.6 Å². The van der Waals surface area contributed by atoms with E-state index in [4.69, 9.17) is 4.98 Å². The number of rotatable bonds is 0. The summed E-state index contributed by atoms with van der Waals surface area (Å²) in [5.74, 6) is 0. The average molecular weight is 406 g/mol. The van der Waals surface area contributed by atoms with Crippen LogP contribution >= 0.6 is 11.3 Å². The molecule has 0 spiro atoms. The zero-order valence-electron chi connectivity index (χ0n) is 15.6. The van der Waals surface area contributed by atoms with E-state index >= 15 is 0 Å². The molecule has 0 radical (unpaired) electrons. The molecule has 3 N–H and O–H groups in total. The third-order valence-corrected chi connectivity index (χ3v) is 6.53. The Morgan fingerprint density at radius 3 is 2.77 bits per heavy atom. The zero-order valence-corrected chi connectivity index (χ0v) is 16.4. The van der Waals surface area contributed by atoms with E-state index in [1.165, 1.54) is 15.5 Å². The molecule has 6 aromatic heterocycles. The third-order valence-electron chi connectivity index (χ3n) is 5.50. The summed E-state index contributed by atoms with van der Waals surface area (Å²) in [5, 5.41) is 11.0. The van der Waals surface area contributed by atoms with E-state index < -0.39 is 0 Å². The van der Waals surface area contributed by atoms with E-state index in [1.54, 1.807) is 11.3 Å². The Kier molecular flexibility index (Phi) is 3.06. The van der Waals surface area contributed by atoms with Crippen molar-refractivity contribution >= 4 is 75.6 Å². The van der Waals surface area contributed by atoms with Crippen molar-refractivity contribution in [1.29, 1.82) is 0 Å². The highest BCUT2D eigenvalue weighted by atomic mass is 32.1. The summed E-state index contributed by atoms with van der Waals surface area (Å²) in [7, 11) is 0. The normalized spacial score (nSPS) is 12.0. The number of hydrogen-bond donors (Lipinski definition) is 3. The van der Waals surface area contributed by atoms with Crippen molar-refractivity contribution in [3.63, 3.8) is 0 Å². The van der Waals surface area contributed by atoms with Crippen LogP contribution in [0.25, 0.3) is 64.3 Å². The standard InChI is InChI=1S/C23H14N6S/c1-2-14-15-9-19(26-17(15)3-1)23-22-18(28-29-23)5-4-16(27-22)12-8-13(11-24-10-12)25-21-7-6-20(14)30-21/h1-11,25-26H,(H,28,29). The summed E-state index contributed by atoms with van der Waals surface area (Å²) in [6.45, 7) is 0. The Morgan fingerprint density at radius 1 is 0.767 bits per heavy atom. The van der Waals surface area contributed by atoms with E-state index in [2.05, 4.69) is 67.6 Å². The van der Waals surface area contributed by atoms with E-state index in [1.807, 2.05) is 24.5 Å². The van der Waals surface area contributed by atoms with Crippen molar-refractivity contribution in [2.75, 3.05) is 0 Å². The van der Waals surface area contributed by atoms with Gasteiger partial charge in [0.05, 0.1) is 33.1 Å². The molecule has 7 heteroatoms. The number of H-pyrrole nitrogens is 3. The zero-order chi connectivity index (χ0) is 19.7. The topological polar surface area (TPSA) is 86.0 Å². The number of benzene rings is 1. The second-order valence-electron chi connectivity index (χ2n) is 7.37. The minimum atomic E-state index is 0.818. The number of hydrogen-bond acceptors (Lipinski definition) is 4. The molecule has 1 aromatic carbocycles. The lowest BCUT2D eigenvalue weighted by molar-refractivity contribution is 1.15. The molecule has 7 aromatic rings. The maximum Gasteiger partial charge on any atom is 0.135 e. The van der Waals surface area contributed by atoms with Gasteiger partial charge in [-0.25, -0.2) is 4.98 Å². The van der Waals surface area contributed by atoms with Crippen LogP contribution in [0.2, 0.25) is 0 Å². The van der Waals surface area contributed by atoms with Gasteiger partial charge in [0.25, 0.3) is 0 Å². The van der Waals surface area contributed by atoms with Gasteiger partial charge in [-0.2, -0.15) is 5.10 Å². The van der Waals surface area contributed by atoms with Gasteiger partial charge in [-0.1, -0.05) is 12.1 Å². The van der Waals surface area contributed by atoms with Gasteiger partial charge in [0.2, 0.25) is 0 Å². The fourth-order valence-electron chi connectivity index (χ4n) is 4.09. The maximum absolute atomic E-state index is 4.93. The van der Waals surface area contributed by atoms with E-state index in [-0.39, 0.29) is 0 Å². The van der Waals surface area contributed by atoms with Crippen LogP contribution in [0.1, 0.15) is 0 Å². The van der Waals surface area contributed by atoms with Gasteiger partial charge in [0.15, 0.2) is 0 Å². The summed E-state index contributed by atoms with van der Waals surface area (Å²) in [4.78, 5) is 17.4. The Labute approximate surface area is 172 Å². The predicted octanol–water partition coefficient (Wildman–Crippen LogP) is 5.96. The molecule has 0 saturated carbocycles. The minimum absolute atomic E-state index is 0.818. The summed E-state index contributed by atoms with van der Waals surface area (Å²) < 4.78 is 1.21. The lowest BCUT2D eigenvalue weighted by Crippen LogP contribution is -1.80. The lowest BCUT2D eigenvalue weighted by Gasteiger charge is -1.95. The van der Waals surface area contributed by atoms with Crippen LogP contribution in [0, 0.1) is 0 Å². The fraction of sp³-hybridized carbons (Fsp3) is 0. The largest absolute Gasteiger partial charge is 0.353 e. The maximum atomic E-state index is 4.93. The molecular weight excluding hydrogens is 392 g/mol. The summed E-state index contributed by atoms with van der Waals surface area (Å²) in [5.41, 5.74) is 6.39. The molecule has 0 unspecified atom stereocenters. The van der Waals surface area contributed by atoms with Crippen LogP contribution in [-0.4, -0.2) is 30.1 Å². The van der Waals surface area contributed by atoms with Gasteiger partial charge in [-0.3, -0.25) is 10.1 Å². The Morgan fingerprint density at radius 2 is 1.77 bits per heavy atom. The number of aromatic amines is 3. The molecular formula is C23H14N6S. The molecule has 0 amide bonds. The molecule has 0 aliphatic rings. The molecule has 0 atom stereocenters. The molecule has 6 nitrogen and oxygen atoms in total. The SMILES string of the molecule is c1cc2[nH]c3cc2c(c1)c1ccc([nH]c2cncc(c2)c2ccc4[nH]nc3c4n2)s1. The first-order valence-electron chi connectivity index (χ1n) is 9.62. The van der Waals surface area contributed by atoms with Gasteiger partial charge in [-0.15, -0.1) is 11.3 Å². The van der Waals surface area contributed by atoms with Crippen molar-refractivity contribution in [1.82, 2.24) is 30.1 Å². The molecule has 7 rings (SSSR count).